The van der Waals surface area contributed by atoms with E-state index in [2.05, 4.69) is 109 Å². The Morgan fingerprint density at radius 3 is 0.479 bits per heavy atom. The molecule has 48 heavy (non-hydrogen) atoms. The number of thiol groups is 6. The van der Waals surface area contributed by atoms with E-state index in [1.165, 1.54) is 0 Å². The van der Waals surface area contributed by atoms with Gasteiger partial charge in [0.15, 0.2) is 0 Å². The Hall–Kier alpha value is -3.36. The monoisotopic (exact) mass is 726 g/mol. The van der Waals surface area contributed by atoms with Crippen molar-refractivity contribution in [1.29, 1.82) is 0 Å². The third kappa shape index (κ3) is 6.75. The van der Waals surface area contributed by atoms with Crippen LogP contribution in [0.4, 0.5) is 0 Å². The van der Waals surface area contributed by atoms with Gasteiger partial charge in [-0.1, -0.05) is 72.8 Å². The highest BCUT2D eigenvalue weighted by molar-refractivity contribution is 7.81. The molecule has 0 saturated carbocycles. The second-order valence-electron chi connectivity index (χ2n) is 11.6. The van der Waals surface area contributed by atoms with Gasteiger partial charge in [0, 0.05) is 29.4 Å². The zero-order valence-electron chi connectivity index (χ0n) is 25.5. The van der Waals surface area contributed by atoms with Crippen LogP contribution in [0.2, 0.25) is 0 Å². The third-order valence-corrected chi connectivity index (χ3v) is 9.98. The number of rotatable bonds is 6. The predicted molar refractivity (Wildman–Crippen MR) is 223 cm³/mol. The van der Waals surface area contributed by atoms with Crippen LogP contribution in [-0.4, -0.2) is 0 Å². The molecule has 0 aliphatic carbocycles. The highest BCUT2D eigenvalue weighted by atomic mass is 32.1. The van der Waals surface area contributed by atoms with Crippen LogP contribution in [0.25, 0.3) is 66.8 Å². The molecular weight excluding hydrogens is 697 g/mol. The summed E-state index contributed by atoms with van der Waals surface area (Å²) in [6, 6.07) is 50.3. The van der Waals surface area contributed by atoms with Crippen molar-refractivity contribution in [2.75, 3.05) is 0 Å². The maximum absolute atomic E-state index is 4.83. The molecule has 7 aromatic rings. The Labute approximate surface area is 315 Å². The van der Waals surface area contributed by atoms with Crippen LogP contribution in [0.3, 0.4) is 0 Å². The minimum absolute atomic E-state index is 0.875. The van der Waals surface area contributed by atoms with E-state index in [0.717, 1.165) is 96.1 Å². The summed E-state index contributed by atoms with van der Waals surface area (Å²) in [5, 5.41) is 0. The first-order chi connectivity index (χ1) is 23.3. The number of benzene rings is 7. The largest absolute Gasteiger partial charge is 0.143 e. The fraction of sp³-hybridized carbons (Fsp3) is 0. The molecule has 0 saturated heterocycles. The zero-order chi connectivity index (χ0) is 33.4. The average Bonchev–Trinajstić information content (AvgIpc) is 3.07. The highest BCUT2D eigenvalue weighted by Gasteiger charge is 2.29. The van der Waals surface area contributed by atoms with E-state index in [0.29, 0.717) is 0 Å². The molecule has 0 spiro atoms. The van der Waals surface area contributed by atoms with Crippen molar-refractivity contribution in [2.24, 2.45) is 0 Å². The fourth-order valence-electron chi connectivity index (χ4n) is 6.45. The van der Waals surface area contributed by atoms with Gasteiger partial charge in [0.1, 0.15) is 0 Å². The zero-order valence-corrected chi connectivity index (χ0v) is 30.9. The molecular formula is C42H30S6. The quantitative estimate of drug-likeness (QED) is 0.0904. The summed E-state index contributed by atoms with van der Waals surface area (Å²) in [7, 11) is 0. The molecule has 0 aromatic heterocycles. The van der Waals surface area contributed by atoms with Crippen molar-refractivity contribution in [3.63, 3.8) is 0 Å². The molecule has 0 aliphatic heterocycles. The molecule has 0 unspecified atom stereocenters. The first-order valence-electron chi connectivity index (χ1n) is 15.3. The summed E-state index contributed by atoms with van der Waals surface area (Å²) in [6.45, 7) is 0. The standard InChI is InChI=1S/C42H30S6/c43-31-13-1-7-25(19-31)37-38(26-8-2-14-32(44)20-26)40(28-10-4-16-34(46)22-28)42(30-12-6-18-36(48)24-30)41(29-11-5-17-35(47)23-29)39(37)27-9-3-15-33(45)21-27/h1-24,43-48H. The SMILES string of the molecule is Sc1cccc(-c2c(-c3cccc(S)c3)c(-c3cccc(S)c3)c(-c3cccc(S)c3)c(-c3cccc(S)c3)c2-c2cccc(S)c2)c1. The molecule has 0 nitrogen and oxygen atoms in total. The molecule has 0 atom stereocenters. The van der Waals surface area contributed by atoms with Crippen LogP contribution in [0.15, 0.2) is 175 Å². The molecule has 0 N–H and O–H groups in total. The second kappa shape index (κ2) is 14.2. The van der Waals surface area contributed by atoms with Crippen molar-refractivity contribution >= 4 is 75.8 Å². The summed E-state index contributed by atoms with van der Waals surface area (Å²) in [6.07, 6.45) is 0. The lowest BCUT2D eigenvalue weighted by Gasteiger charge is -2.29. The van der Waals surface area contributed by atoms with Crippen LogP contribution >= 0.6 is 75.8 Å². The number of hydrogen-bond acceptors (Lipinski definition) is 6. The topological polar surface area (TPSA) is 0 Å². The van der Waals surface area contributed by atoms with Crippen molar-refractivity contribution in [2.45, 2.75) is 29.4 Å². The second-order valence-corrected chi connectivity index (χ2v) is 14.7. The van der Waals surface area contributed by atoms with Gasteiger partial charge in [-0.05, 0) is 140 Å². The summed E-state index contributed by atoms with van der Waals surface area (Å²) in [5.74, 6) is 0. The maximum Gasteiger partial charge on any atom is 0.00461 e. The molecule has 0 aliphatic rings. The minimum Gasteiger partial charge on any atom is -0.143 e. The van der Waals surface area contributed by atoms with Crippen molar-refractivity contribution < 1.29 is 0 Å². The Bertz CT molecular complexity index is 1880. The van der Waals surface area contributed by atoms with Crippen molar-refractivity contribution in [3.8, 4) is 66.8 Å². The van der Waals surface area contributed by atoms with Gasteiger partial charge in [0.25, 0.3) is 0 Å². The van der Waals surface area contributed by atoms with Gasteiger partial charge in [-0.3, -0.25) is 0 Å². The summed E-state index contributed by atoms with van der Waals surface area (Å²) in [4.78, 5) is 5.25. The van der Waals surface area contributed by atoms with E-state index in [9.17, 15) is 0 Å². The first-order valence-corrected chi connectivity index (χ1v) is 18.0. The van der Waals surface area contributed by atoms with Gasteiger partial charge >= 0.3 is 0 Å². The Balaban J connectivity index is 1.86. The molecule has 0 heterocycles. The van der Waals surface area contributed by atoms with Crippen LogP contribution < -0.4 is 0 Å². The van der Waals surface area contributed by atoms with Gasteiger partial charge in [-0.2, -0.15) is 0 Å². The van der Waals surface area contributed by atoms with E-state index in [1.807, 2.05) is 36.4 Å². The van der Waals surface area contributed by atoms with Crippen LogP contribution in [0.1, 0.15) is 0 Å². The lowest BCUT2D eigenvalue weighted by molar-refractivity contribution is 1.40. The summed E-state index contributed by atoms with van der Waals surface area (Å²) >= 11 is 29.0. The maximum atomic E-state index is 4.83. The van der Waals surface area contributed by atoms with Crippen LogP contribution in [0, 0.1) is 0 Å². The van der Waals surface area contributed by atoms with Gasteiger partial charge in [-0.15, -0.1) is 75.8 Å². The minimum atomic E-state index is 0.875. The Morgan fingerprint density at radius 1 is 0.208 bits per heavy atom. The van der Waals surface area contributed by atoms with E-state index < -0.39 is 0 Å². The smallest absolute Gasteiger partial charge is 0.00461 e. The lowest BCUT2D eigenvalue weighted by Crippen LogP contribution is -2.02. The summed E-state index contributed by atoms with van der Waals surface area (Å²) in [5.41, 5.74) is 12.7. The van der Waals surface area contributed by atoms with Crippen molar-refractivity contribution in [1.82, 2.24) is 0 Å². The molecule has 0 bridgehead atoms. The lowest BCUT2D eigenvalue weighted by atomic mass is 9.74. The molecule has 0 fully saturated rings. The number of hydrogen-bond donors (Lipinski definition) is 6. The molecule has 234 valence electrons. The summed E-state index contributed by atoms with van der Waals surface area (Å²) < 4.78 is 0. The van der Waals surface area contributed by atoms with E-state index in [4.69, 9.17) is 75.8 Å². The average molecular weight is 727 g/mol. The Morgan fingerprint density at radius 2 is 0.354 bits per heavy atom. The van der Waals surface area contributed by atoms with Crippen LogP contribution in [0.5, 0.6) is 0 Å². The highest BCUT2D eigenvalue weighted by Crippen LogP contribution is 2.56. The van der Waals surface area contributed by atoms with Gasteiger partial charge in [-0.25, -0.2) is 0 Å². The molecule has 6 heteroatoms. The predicted octanol–water partition coefficient (Wildman–Crippen LogP) is 13.4. The molecule has 0 radical (unpaired) electrons. The van der Waals surface area contributed by atoms with Gasteiger partial charge in [0.05, 0.1) is 0 Å². The first kappa shape index (κ1) is 33.2. The fourth-order valence-corrected chi connectivity index (χ4v) is 7.80. The molecule has 7 rings (SSSR count). The normalized spacial score (nSPS) is 11.1. The van der Waals surface area contributed by atoms with E-state index in [-0.39, 0.29) is 0 Å². The molecule has 0 amide bonds. The van der Waals surface area contributed by atoms with Crippen LogP contribution in [-0.2, 0) is 0 Å². The Kier molecular flexibility index (Phi) is 9.84. The van der Waals surface area contributed by atoms with Crippen molar-refractivity contribution in [3.05, 3.63) is 146 Å². The van der Waals surface area contributed by atoms with Gasteiger partial charge < -0.3 is 0 Å². The van der Waals surface area contributed by atoms with Gasteiger partial charge in [0.2, 0.25) is 0 Å². The van der Waals surface area contributed by atoms with E-state index in [1.54, 1.807) is 0 Å². The molecule has 7 aromatic carbocycles. The third-order valence-electron chi connectivity index (χ3n) is 8.31. The van der Waals surface area contributed by atoms with E-state index >= 15 is 0 Å².